The molecule has 0 amide bonds. The molecule has 1 aromatic heterocycles. The number of hydrogen-bond acceptors (Lipinski definition) is 2. The van der Waals surface area contributed by atoms with Crippen molar-refractivity contribution in [1.82, 2.24) is 9.55 Å². The van der Waals surface area contributed by atoms with Crippen molar-refractivity contribution in [3.05, 3.63) is 40.4 Å². The first-order valence-electron chi connectivity index (χ1n) is 7.32. The first-order valence-corrected chi connectivity index (χ1v) is 7.76. The molecule has 3 nitrogen and oxygen atoms in total. The number of halogens is 1. The fraction of sp³-hybridized carbons (Fsp3) is 0.500. The van der Waals surface area contributed by atoms with E-state index in [9.17, 15) is 4.79 Å². The summed E-state index contributed by atoms with van der Waals surface area (Å²) in [5, 5.41) is 0.460. The maximum Gasteiger partial charge on any atom is 0.261 e. The second-order valence-electron chi connectivity index (χ2n) is 5.03. The third kappa shape index (κ3) is 3.04. The van der Waals surface area contributed by atoms with Gasteiger partial charge in [-0.1, -0.05) is 38.8 Å². The molecule has 2 rings (SSSR count). The molecule has 0 aliphatic carbocycles. The Labute approximate surface area is 124 Å². The molecule has 1 atom stereocenters. The summed E-state index contributed by atoms with van der Waals surface area (Å²) in [6.07, 6.45) is 3.98. The Kier molecular flexibility index (Phi) is 5.18. The Morgan fingerprint density at radius 3 is 2.70 bits per heavy atom. The van der Waals surface area contributed by atoms with Crippen molar-refractivity contribution in [3.63, 3.8) is 0 Å². The maximum absolute atomic E-state index is 12.6. The molecule has 108 valence electrons. The Balaban J connectivity index is 2.55. The van der Waals surface area contributed by atoms with Gasteiger partial charge in [-0.25, -0.2) is 4.98 Å². The second-order valence-corrected chi connectivity index (χ2v) is 5.55. The van der Waals surface area contributed by atoms with Crippen LogP contribution in [0, 0.1) is 0 Å². The zero-order valence-electron chi connectivity index (χ0n) is 12.1. The van der Waals surface area contributed by atoms with Crippen LogP contribution >= 0.6 is 11.6 Å². The van der Waals surface area contributed by atoms with E-state index in [1.165, 1.54) is 0 Å². The predicted molar refractivity (Wildman–Crippen MR) is 84.4 cm³/mol. The lowest BCUT2D eigenvalue weighted by molar-refractivity contribution is 0.551. The first-order chi connectivity index (χ1) is 9.69. The quantitative estimate of drug-likeness (QED) is 0.588. The number of hydrogen-bond donors (Lipinski definition) is 0. The molecule has 0 aliphatic heterocycles. The summed E-state index contributed by atoms with van der Waals surface area (Å²) >= 11 is 6.36. The van der Waals surface area contributed by atoms with Crippen LogP contribution in [0.25, 0.3) is 10.9 Å². The van der Waals surface area contributed by atoms with E-state index in [1.54, 1.807) is 4.57 Å². The van der Waals surface area contributed by atoms with E-state index in [0.29, 0.717) is 17.8 Å². The summed E-state index contributed by atoms with van der Waals surface area (Å²) in [5.74, 6) is 0.703. The second kappa shape index (κ2) is 6.89. The molecule has 0 saturated carbocycles. The summed E-state index contributed by atoms with van der Waals surface area (Å²) in [6.45, 7) is 4.86. The smallest absolute Gasteiger partial charge is 0.261 e. The minimum atomic E-state index is -0.214. The summed E-state index contributed by atoms with van der Waals surface area (Å²) in [5.41, 5.74) is 0.763. The number of benzene rings is 1. The van der Waals surface area contributed by atoms with Crippen molar-refractivity contribution in [3.8, 4) is 0 Å². The molecule has 1 aromatic carbocycles. The molecule has 0 N–H and O–H groups in total. The van der Waals surface area contributed by atoms with Crippen LogP contribution in [0.15, 0.2) is 29.1 Å². The molecule has 20 heavy (non-hydrogen) atoms. The normalized spacial score (nSPS) is 12.8. The van der Waals surface area contributed by atoms with Gasteiger partial charge in [0.1, 0.15) is 5.82 Å². The van der Waals surface area contributed by atoms with E-state index in [0.717, 1.165) is 31.2 Å². The van der Waals surface area contributed by atoms with E-state index in [4.69, 9.17) is 11.6 Å². The SMILES string of the molecule is CCCCCn1c(C(Cl)CC)nc2ccccc2c1=O. The van der Waals surface area contributed by atoms with Gasteiger partial charge >= 0.3 is 0 Å². The molecule has 0 bridgehead atoms. The molecule has 0 aliphatic rings. The molecular formula is C16H21ClN2O. The number of aromatic nitrogens is 2. The van der Waals surface area contributed by atoms with Gasteiger partial charge in [0.15, 0.2) is 0 Å². The third-order valence-electron chi connectivity index (χ3n) is 3.52. The Bertz CT molecular complexity index is 636. The number of nitrogens with zero attached hydrogens (tertiary/aromatic N) is 2. The Hall–Kier alpha value is -1.35. The van der Waals surface area contributed by atoms with Crippen LogP contribution in [0.1, 0.15) is 50.7 Å². The van der Waals surface area contributed by atoms with Gasteiger partial charge < -0.3 is 0 Å². The van der Waals surface area contributed by atoms with Crippen LogP contribution in [-0.4, -0.2) is 9.55 Å². The van der Waals surface area contributed by atoms with Crippen LogP contribution in [0.2, 0.25) is 0 Å². The van der Waals surface area contributed by atoms with Crippen molar-refractivity contribution in [2.75, 3.05) is 0 Å². The van der Waals surface area contributed by atoms with Crippen molar-refractivity contribution >= 4 is 22.5 Å². The van der Waals surface area contributed by atoms with Crippen LogP contribution in [0.3, 0.4) is 0 Å². The average Bonchev–Trinajstić information content (AvgIpc) is 2.48. The molecule has 0 fully saturated rings. The molecule has 4 heteroatoms. The molecule has 1 unspecified atom stereocenters. The van der Waals surface area contributed by atoms with E-state index >= 15 is 0 Å². The number of alkyl halides is 1. The van der Waals surface area contributed by atoms with Crippen molar-refractivity contribution in [2.45, 2.75) is 51.5 Å². The van der Waals surface area contributed by atoms with Gasteiger partial charge in [-0.05, 0) is 25.0 Å². The van der Waals surface area contributed by atoms with E-state index in [1.807, 2.05) is 31.2 Å². The highest BCUT2D eigenvalue weighted by atomic mass is 35.5. The van der Waals surface area contributed by atoms with Gasteiger partial charge in [0.05, 0.1) is 16.3 Å². The summed E-state index contributed by atoms with van der Waals surface area (Å²) < 4.78 is 1.76. The number of fused-ring (bicyclic) bond motifs is 1. The highest BCUT2D eigenvalue weighted by molar-refractivity contribution is 6.20. The van der Waals surface area contributed by atoms with Gasteiger partial charge in [-0.3, -0.25) is 9.36 Å². The zero-order chi connectivity index (χ0) is 14.5. The zero-order valence-corrected chi connectivity index (χ0v) is 12.9. The third-order valence-corrected chi connectivity index (χ3v) is 4.02. The fourth-order valence-corrected chi connectivity index (χ4v) is 2.51. The summed E-state index contributed by atoms with van der Waals surface area (Å²) in [7, 11) is 0. The summed E-state index contributed by atoms with van der Waals surface area (Å²) in [6, 6.07) is 7.48. The number of unbranched alkanes of at least 4 members (excludes halogenated alkanes) is 2. The maximum atomic E-state index is 12.6. The van der Waals surface area contributed by atoms with Gasteiger partial charge in [0.2, 0.25) is 0 Å². The standard InChI is InChI=1S/C16H21ClN2O/c1-3-5-8-11-19-15(13(17)4-2)18-14-10-7-6-9-12(14)16(19)20/h6-7,9-10,13H,3-5,8,11H2,1-2H3. The molecule has 1 heterocycles. The number of rotatable bonds is 6. The van der Waals surface area contributed by atoms with Gasteiger partial charge in [-0.15, -0.1) is 11.6 Å². The van der Waals surface area contributed by atoms with Gasteiger partial charge in [-0.2, -0.15) is 0 Å². The molecule has 0 saturated heterocycles. The van der Waals surface area contributed by atoms with Crippen LogP contribution in [-0.2, 0) is 6.54 Å². The largest absolute Gasteiger partial charge is 0.295 e. The summed E-state index contributed by atoms with van der Waals surface area (Å²) in [4.78, 5) is 17.2. The van der Waals surface area contributed by atoms with Gasteiger partial charge in [0, 0.05) is 6.54 Å². The lowest BCUT2D eigenvalue weighted by Crippen LogP contribution is -2.26. The topological polar surface area (TPSA) is 34.9 Å². The predicted octanol–water partition coefficient (Wildman–Crippen LogP) is 4.28. The van der Waals surface area contributed by atoms with Crippen molar-refractivity contribution in [2.24, 2.45) is 0 Å². The number of para-hydroxylation sites is 1. The van der Waals surface area contributed by atoms with E-state index in [2.05, 4.69) is 11.9 Å². The van der Waals surface area contributed by atoms with Crippen LogP contribution in [0.4, 0.5) is 0 Å². The van der Waals surface area contributed by atoms with Crippen molar-refractivity contribution in [1.29, 1.82) is 0 Å². The lowest BCUT2D eigenvalue weighted by Gasteiger charge is -2.16. The van der Waals surface area contributed by atoms with E-state index in [-0.39, 0.29) is 10.9 Å². The molecule has 0 radical (unpaired) electrons. The minimum absolute atomic E-state index is 0.0285. The average molecular weight is 293 g/mol. The van der Waals surface area contributed by atoms with Crippen molar-refractivity contribution < 1.29 is 0 Å². The van der Waals surface area contributed by atoms with Crippen LogP contribution < -0.4 is 5.56 Å². The monoisotopic (exact) mass is 292 g/mol. The van der Waals surface area contributed by atoms with Crippen LogP contribution in [0.5, 0.6) is 0 Å². The van der Waals surface area contributed by atoms with Gasteiger partial charge in [0.25, 0.3) is 5.56 Å². The van der Waals surface area contributed by atoms with E-state index < -0.39 is 0 Å². The Morgan fingerprint density at radius 2 is 2.00 bits per heavy atom. The molecule has 2 aromatic rings. The highest BCUT2D eigenvalue weighted by Gasteiger charge is 2.16. The molecular weight excluding hydrogens is 272 g/mol. The Morgan fingerprint density at radius 1 is 1.25 bits per heavy atom. The lowest BCUT2D eigenvalue weighted by atomic mass is 10.2. The molecule has 0 spiro atoms. The first kappa shape index (κ1) is 15.0. The highest BCUT2D eigenvalue weighted by Crippen LogP contribution is 2.23. The fourth-order valence-electron chi connectivity index (χ4n) is 2.34. The minimum Gasteiger partial charge on any atom is -0.295 e.